The Bertz CT molecular complexity index is 413. The van der Waals surface area contributed by atoms with Crippen molar-refractivity contribution in [2.24, 2.45) is 28.9 Å². The van der Waals surface area contributed by atoms with Crippen LogP contribution in [0.25, 0.3) is 0 Å². The second-order valence-electron chi connectivity index (χ2n) is 8.21. The lowest BCUT2D eigenvalue weighted by Gasteiger charge is -2.48. The maximum absolute atomic E-state index is 12.9. The predicted octanol–water partition coefficient (Wildman–Crippen LogP) is 2.93. The molecule has 1 amide bonds. The van der Waals surface area contributed by atoms with Gasteiger partial charge in [0.1, 0.15) is 0 Å². The average Bonchev–Trinajstić information content (AvgIpc) is 3.11. The Hall–Kier alpha value is -0.570. The Kier molecular flexibility index (Phi) is 3.52. The lowest BCUT2D eigenvalue weighted by molar-refractivity contribution is -0.140. The third-order valence-electron chi connectivity index (χ3n) is 7.30. The zero-order chi connectivity index (χ0) is 14.4. The number of amides is 1. The van der Waals surface area contributed by atoms with Gasteiger partial charge in [-0.1, -0.05) is 6.42 Å². The fourth-order valence-corrected chi connectivity index (χ4v) is 6.20. The van der Waals surface area contributed by atoms with Gasteiger partial charge in [0.2, 0.25) is 5.91 Å². The van der Waals surface area contributed by atoms with E-state index in [0.717, 1.165) is 37.8 Å². The van der Waals surface area contributed by atoms with Gasteiger partial charge < -0.3 is 10.6 Å². The van der Waals surface area contributed by atoms with Crippen LogP contribution < -0.4 is 5.73 Å². The monoisotopic (exact) mass is 290 g/mol. The predicted molar refractivity (Wildman–Crippen MR) is 83.6 cm³/mol. The molecular formula is C18H30N2O. The highest BCUT2D eigenvalue weighted by molar-refractivity contribution is 5.79. The molecule has 5 atom stereocenters. The fourth-order valence-electron chi connectivity index (χ4n) is 6.20. The van der Waals surface area contributed by atoms with Crippen LogP contribution >= 0.6 is 0 Å². The molecule has 21 heavy (non-hydrogen) atoms. The molecule has 1 heterocycles. The second kappa shape index (κ2) is 5.26. The first kappa shape index (κ1) is 14.0. The number of likely N-dealkylation sites (tertiary alicyclic amines) is 1. The molecule has 3 heteroatoms. The number of nitrogens with two attached hydrogens (primary N) is 1. The molecule has 118 valence electrons. The maximum Gasteiger partial charge on any atom is 0.225 e. The topological polar surface area (TPSA) is 46.3 Å². The van der Waals surface area contributed by atoms with Crippen molar-refractivity contribution in [3.05, 3.63) is 0 Å². The van der Waals surface area contributed by atoms with E-state index in [1.54, 1.807) is 0 Å². The van der Waals surface area contributed by atoms with Crippen LogP contribution in [0.4, 0.5) is 0 Å². The average molecular weight is 290 g/mol. The van der Waals surface area contributed by atoms with Crippen LogP contribution in [0.2, 0.25) is 0 Å². The molecule has 1 aliphatic heterocycles. The van der Waals surface area contributed by atoms with Crippen molar-refractivity contribution in [2.45, 2.75) is 70.3 Å². The largest absolute Gasteiger partial charge is 0.342 e. The van der Waals surface area contributed by atoms with Crippen LogP contribution in [0.1, 0.15) is 64.2 Å². The summed E-state index contributed by atoms with van der Waals surface area (Å²) in [6.07, 6.45) is 12.5. The zero-order valence-electron chi connectivity index (χ0n) is 13.2. The Morgan fingerprint density at radius 1 is 1.05 bits per heavy atom. The second-order valence-corrected chi connectivity index (χ2v) is 8.21. The van der Waals surface area contributed by atoms with Gasteiger partial charge in [0.25, 0.3) is 0 Å². The fraction of sp³-hybridized carbons (Fsp3) is 0.944. The summed E-state index contributed by atoms with van der Waals surface area (Å²) in [5.41, 5.74) is 6.98. The Balaban J connectivity index is 1.49. The summed E-state index contributed by atoms with van der Waals surface area (Å²) in [7, 11) is 0. The normalized spacial score (nSPS) is 46.2. The smallest absolute Gasteiger partial charge is 0.225 e. The van der Waals surface area contributed by atoms with E-state index >= 15 is 0 Å². The SMILES string of the molecule is N[C@@H]1C2CCC(C2)[C@]12CCC[C@H](C(=O)N1CCCCC1)C2. The van der Waals surface area contributed by atoms with Crippen molar-refractivity contribution in [2.75, 3.05) is 13.1 Å². The molecule has 2 bridgehead atoms. The van der Waals surface area contributed by atoms with Gasteiger partial charge in [-0.3, -0.25) is 4.79 Å². The zero-order valence-corrected chi connectivity index (χ0v) is 13.2. The van der Waals surface area contributed by atoms with E-state index in [0.29, 0.717) is 17.4 Å². The van der Waals surface area contributed by atoms with Crippen molar-refractivity contribution < 1.29 is 4.79 Å². The molecule has 4 rings (SSSR count). The van der Waals surface area contributed by atoms with E-state index in [4.69, 9.17) is 5.73 Å². The van der Waals surface area contributed by atoms with Crippen LogP contribution in [-0.4, -0.2) is 29.9 Å². The first-order valence-electron chi connectivity index (χ1n) is 9.25. The summed E-state index contributed by atoms with van der Waals surface area (Å²) in [6.45, 7) is 2.00. The third-order valence-corrected chi connectivity index (χ3v) is 7.30. The van der Waals surface area contributed by atoms with E-state index in [1.807, 2.05) is 0 Å². The van der Waals surface area contributed by atoms with E-state index in [-0.39, 0.29) is 5.92 Å². The summed E-state index contributed by atoms with van der Waals surface area (Å²) in [6, 6.07) is 0.383. The van der Waals surface area contributed by atoms with E-state index in [9.17, 15) is 4.79 Å². The summed E-state index contributed by atoms with van der Waals surface area (Å²) in [5, 5.41) is 0. The molecule has 0 aromatic heterocycles. The number of piperidine rings is 1. The Morgan fingerprint density at radius 3 is 2.57 bits per heavy atom. The maximum atomic E-state index is 12.9. The molecule has 3 saturated carbocycles. The van der Waals surface area contributed by atoms with Gasteiger partial charge in [-0.05, 0) is 75.0 Å². The molecule has 4 fully saturated rings. The van der Waals surface area contributed by atoms with Gasteiger partial charge in [0.15, 0.2) is 0 Å². The first-order chi connectivity index (χ1) is 10.2. The van der Waals surface area contributed by atoms with Gasteiger partial charge in [0.05, 0.1) is 0 Å². The lowest BCUT2D eigenvalue weighted by Crippen LogP contribution is -2.51. The van der Waals surface area contributed by atoms with Crippen molar-refractivity contribution in [3.63, 3.8) is 0 Å². The Morgan fingerprint density at radius 2 is 1.86 bits per heavy atom. The highest BCUT2D eigenvalue weighted by Gasteiger charge is 2.58. The number of carbonyl (C=O) groups excluding carboxylic acids is 1. The highest BCUT2D eigenvalue weighted by atomic mass is 16.2. The highest BCUT2D eigenvalue weighted by Crippen LogP contribution is 2.61. The minimum absolute atomic E-state index is 0.280. The minimum Gasteiger partial charge on any atom is -0.342 e. The molecule has 3 nitrogen and oxygen atoms in total. The first-order valence-corrected chi connectivity index (χ1v) is 9.25. The van der Waals surface area contributed by atoms with Crippen LogP contribution in [0.15, 0.2) is 0 Å². The van der Waals surface area contributed by atoms with Crippen molar-refractivity contribution >= 4 is 5.91 Å². The minimum atomic E-state index is 0.280. The van der Waals surface area contributed by atoms with Crippen LogP contribution in [0.3, 0.4) is 0 Å². The standard InChI is InChI=1S/C18H30N2O/c19-16-13-6-7-15(11-13)18(16)8-4-5-14(12-18)17(21)20-9-2-1-3-10-20/h13-16H,1-12,19H2/t13?,14-,15?,16+,18+/m0/s1. The van der Waals surface area contributed by atoms with E-state index in [1.165, 1.54) is 51.4 Å². The van der Waals surface area contributed by atoms with Crippen molar-refractivity contribution in [3.8, 4) is 0 Å². The van der Waals surface area contributed by atoms with Crippen molar-refractivity contribution in [1.29, 1.82) is 0 Å². The third kappa shape index (κ3) is 2.15. The molecule has 2 unspecified atom stereocenters. The van der Waals surface area contributed by atoms with Gasteiger partial charge in [-0.15, -0.1) is 0 Å². The summed E-state index contributed by atoms with van der Waals surface area (Å²) in [5.74, 6) is 2.33. The molecule has 1 saturated heterocycles. The molecular weight excluding hydrogens is 260 g/mol. The van der Waals surface area contributed by atoms with Gasteiger partial charge in [0, 0.05) is 25.0 Å². The molecule has 0 aromatic carbocycles. The van der Waals surface area contributed by atoms with E-state index < -0.39 is 0 Å². The number of rotatable bonds is 1. The summed E-state index contributed by atoms with van der Waals surface area (Å²) < 4.78 is 0. The summed E-state index contributed by atoms with van der Waals surface area (Å²) >= 11 is 0. The molecule has 2 N–H and O–H groups in total. The van der Waals surface area contributed by atoms with Crippen LogP contribution in [0, 0.1) is 23.2 Å². The Labute approximate surface area is 128 Å². The number of hydrogen-bond donors (Lipinski definition) is 1. The van der Waals surface area contributed by atoms with Gasteiger partial charge in [-0.25, -0.2) is 0 Å². The van der Waals surface area contributed by atoms with Gasteiger partial charge in [-0.2, -0.15) is 0 Å². The molecule has 0 radical (unpaired) electrons. The molecule has 4 aliphatic rings. The number of fused-ring (bicyclic) bond motifs is 3. The molecule has 3 aliphatic carbocycles. The lowest BCUT2D eigenvalue weighted by atomic mass is 9.59. The van der Waals surface area contributed by atoms with Crippen LogP contribution in [0.5, 0.6) is 0 Å². The quantitative estimate of drug-likeness (QED) is 0.807. The number of carbonyl (C=O) groups is 1. The summed E-state index contributed by atoms with van der Waals surface area (Å²) in [4.78, 5) is 15.0. The number of nitrogens with zero attached hydrogens (tertiary/aromatic N) is 1. The van der Waals surface area contributed by atoms with Crippen molar-refractivity contribution in [1.82, 2.24) is 4.90 Å². The molecule has 1 spiro atoms. The van der Waals surface area contributed by atoms with E-state index in [2.05, 4.69) is 4.90 Å². The van der Waals surface area contributed by atoms with Crippen LogP contribution in [-0.2, 0) is 4.79 Å². The number of hydrogen-bond acceptors (Lipinski definition) is 2. The van der Waals surface area contributed by atoms with Gasteiger partial charge >= 0.3 is 0 Å². The molecule has 0 aromatic rings.